The van der Waals surface area contributed by atoms with Gasteiger partial charge in [-0.3, -0.25) is 0 Å². The normalized spacial score (nSPS) is 13.4. The minimum Gasteiger partial charge on any atom is -0.496 e. The summed E-state index contributed by atoms with van der Waals surface area (Å²) >= 11 is 0. The molecule has 0 unspecified atom stereocenters. The zero-order valence-corrected chi connectivity index (χ0v) is 8.04. The molecule has 0 saturated heterocycles. The smallest absolute Gasteiger partial charge is 0.123 e. The first-order valence-electron chi connectivity index (χ1n) is 4.48. The number of nitriles is 1. The van der Waals surface area contributed by atoms with Crippen LogP contribution in [0.3, 0.4) is 0 Å². The summed E-state index contributed by atoms with van der Waals surface area (Å²) in [4.78, 5) is 0. The molecule has 0 aromatic heterocycles. The Labute approximate surface area is 82.9 Å². The fourth-order valence-corrected chi connectivity index (χ4v) is 1.67. The van der Waals surface area contributed by atoms with E-state index in [1.54, 1.807) is 7.11 Å². The van der Waals surface area contributed by atoms with Crippen molar-refractivity contribution >= 4 is 0 Å². The van der Waals surface area contributed by atoms with Crippen molar-refractivity contribution in [3.63, 3.8) is 0 Å². The van der Waals surface area contributed by atoms with Gasteiger partial charge in [-0.2, -0.15) is 5.26 Å². The van der Waals surface area contributed by atoms with E-state index < -0.39 is 0 Å². The molecule has 0 aliphatic carbocycles. The molecular weight excluding hydrogens is 178 g/mol. The summed E-state index contributed by atoms with van der Waals surface area (Å²) < 4.78 is 10.5. The number of hydrogen-bond donors (Lipinski definition) is 0. The van der Waals surface area contributed by atoms with Crippen molar-refractivity contribution in [2.75, 3.05) is 7.11 Å². The molecule has 0 atom stereocenters. The van der Waals surface area contributed by atoms with Crippen molar-refractivity contribution in [3.05, 3.63) is 28.8 Å². The Morgan fingerprint density at radius 3 is 2.79 bits per heavy atom. The molecule has 2 rings (SSSR count). The Bertz CT molecular complexity index is 393. The highest BCUT2D eigenvalue weighted by Crippen LogP contribution is 2.28. The first kappa shape index (κ1) is 9.04. The van der Waals surface area contributed by atoms with E-state index in [9.17, 15) is 0 Å². The standard InChI is InChI=1S/C11H11NO2/c1-13-11-5-10-7-14-6-9(10)4-8(11)2-3-12/h4-5H,2,6-7H2,1H3. The van der Waals surface area contributed by atoms with Crippen molar-refractivity contribution in [1.29, 1.82) is 5.26 Å². The van der Waals surface area contributed by atoms with E-state index in [4.69, 9.17) is 14.7 Å². The molecule has 1 aliphatic heterocycles. The van der Waals surface area contributed by atoms with Gasteiger partial charge in [-0.15, -0.1) is 0 Å². The summed E-state index contributed by atoms with van der Waals surface area (Å²) in [6.07, 6.45) is 0.385. The van der Waals surface area contributed by atoms with Gasteiger partial charge in [-0.05, 0) is 23.3 Å². The number of ether oxygens (including phenoxy) is 2. The first-order chi connectivity index (χ1) is 6.85. The van der Waals surface area contributed by atoms with Gasteiger partial charge in [-0.1, -0.05) is 0 Å². The van der Waals surface area contributed by atoms with Crippen LogP contribution in [0.15, 0.2) is 12.1 Å². The van der Waals surface area contributed by atoms with Crippen LogP contribution in [0.25, 0.3) is 0 Å². The van der Waals surface area contributed by atoms with Crippen LogP contribution in [0.2, 0.25) is 0 Å². The maximum absolute atomic E-state index is 8.65. The Morgan fingerprint density at radius 1 is 1.43 bits per heavy atom. The van der Waals surface area contributed by atoms with E-state index in [2.05, 4.69) is 6.07 Å². The highest BCUT2D eigenvalue weighted by molar-refractivity contribution is 5.44. The van der Waals surface area contributed by atoms with Gasteiger partial charge >= 0.3 is 0 Å². The lowest BCUT2D eigenvalue weighted by Gasteiger charge is -2.07. The Hall–Kier alpha value is -1.53. The number of nitrogens with zero attached hydrogens (tertiary/aromatic N) is 1. The van der Waals surface area contributed by atoms with E-state index in [0.29, 0.717) is 19.6 Å². The molecule has 14 heavy (non-hydrogen) atoms. The number of rotatable bonds is 2. The molecule has 0 fully saturated rings. The molecule has 0 bridgehead atoms. The average molecular weight is 189 g/mol. The Morgan fingerprint density at radius 2 is 2.14 bits per heavy atom. The molecule has 1 aliphatic rings. The van der Waals surface area contributed by atoms with Crippen LogP contribution in [0, 0.1) is 11.3 Å². The molecule has 3 heteroatoms. The van der Waals surface area contributed by atoms with Crippen molar-refractivity contribution in [3.8, 4) is 11.8 Å². The van der Waals surface area contributed by atoms with Gasteiger partial charge in [0, 0.05) is 5.56 Å². The van der Waals surface area contributed by atoms with Crippen molar-refractivity contribution in [2.24, 2.45) is 0 Å². The lowest BCUT2D eigenvalue weighted by molar-refractivity contribution is 0.134. The summed E-state index contributed by atoms with van der Waals surface area (Å²) in [6.45, 7) is 1.30. The van der Waals surface area contributed by atoms with Crippen molar-refractivity contribution in [1.82, 2.24) is 0 Å². The summed E-state index contributed by atoms with van der Waals surface area (Å²) in [5.41, 5.74) is 3.29. The predicted octanol–water partition coefficient (Wildman–Crippen LogP) is 1.79. The number of benzene rings is 1. The number of methoxy groups -OCH3 is 1. The van der Waals surface area contributed by atoms with Crippen LogP contribution >= 0.6 is 0 Å². The maximum Gasteiger partial charge on any atom is 0.123 e. The average Bonchev–Trinajstić information content (AvgIpc) is 2.64. The maximum atomic E-state index is 8.65. The lowest BCUT2D eigenvalue weighted by Crippen LogP contribution is -1.94. The first-order valence-corrected chi connectivity index (χ1v) is 4.48. The summed E-state index contributed by atoms with van der Waals surface area (Å²) in [7, 11) is 1.62. The van der Waals surface area contributed by atoms with Crippen LogP contribution in [0.5, 0.6) is 5.75 Å². The topological polar surface area (TPSA) is 42.2 Å². The molecule has 0 spiro atoms. The molecular formula is C11H11NO2. The molecule has 0 saturated carbocycles. The summed E-state index contributed by atoms with van der Waals surface area (Å²) in [6, 6.07) is 6.10. The van der Waals surface area contributed by atoms with Gasteiger partial charge in [0.05, 0.1) is 32.8 Å². The minimum absolute atomic E-state index is 0.385. The third-order valence-electron chi connectivity index (χ3n) is 2.39. The van der Waals surface area contributed by atoms with Gasteiger partial charge in [0.25, 0.3) is 0 Å². The van der Waals surface area contributed by atoms with Gasteiger partial charge in [-0.25, -0.2) is 0 Å². The molecule has 0 radical (unpaired) electrons. The second-order valence-corrected chi connectivity index (χ2v) is 3.26. The Balaban J connectivity index is 2.44. The van der Waals surface area contributed by atoms with Crippen LogP contribution in [0.1, 0.15) is 16.7 Å². The molecule has 1 heterocycles. The molecule has 1 aromatic carbocycles. The third kappa shape index (κ3) is 1.45. The fraction of sp³-hybridized carbons (Fsp3) is 0.364. The van der Waals surface area contributed by atoms with Gasteiger partial charge < -0.3 is 9.47 Å². The van der Waals surface area contributed by atoms with Crippen LogP contribution in [-0.4, -0.2) is 7.11 Å². The zero-order valence-electron chi connectivity index (χ0n) is 8.04. The third-order valence-corrected chi connectivity index (χ3v) is 2.39. The fourth-order valence-electron chi connectivity index (χ4n) is 1.67. The monoisotopic (exact) mass is 189 g/mol. The van der Waals surface area contributed by atoms with E-state index in [1.165, 1.54) is 11.1 Å². The second-order valence-electron chi connectivity index (χ2n) is 3.26. The highest BCUT2D eigenvalue weighted by atomic mass is 16.5. The van der Waals surface area contributed by atoms with Crippen molar-refractivity contribution < 1.29 is 9.47 Å². The SMILES string of the molecule is COc1cc2c(cc1CC#N)COC2. The number of hydrogen-bond acceptors (Lipinski definition) is 3. The van der Waals surface area contributed by atoms with E-state index in [0.717, 1.165) is 11.3 Å². The van der Waals surface area contributed by atoms with Crippen LogP contribution in [-0.2, 0) is 24.4 Å². The van der Waals surface area contributed by atoms with Gasteiger partial charge in [0.1, 0.15) is 5.75 Å². The molecule has 0 amide bonds. The summed E-state index contributed by atoms with van der Waals surface area (Å²) in [5.74, 6) is 0.788. The lowest BCUT2D eigenvalue weighted by atomic mass is 10.0. The Kier molecular flexibility index (Phi) is 2.38. The van der Waals surface area contributed by atoms with E-state index >= 15 is 0 Å². The zero-order chi connectivity index (χ0) is 9.97. The second kappa shape index (κ2) is 3.69. The van der Waals surface area contributed by atoms with E-state index in [-0.39, 0.29) is 0 Å². The largest absolute Gasteiger partial charge is 0.496 e. The van der Waals surface area contributed by atoms with Gasteiger partial charge in [0.15, 0.2) is 0 Å². The van der Waals surface area contributed by atoms with Gasteiger partial charge in [0.2, 0.25) is 0 Å². The number of fused-ring (bicyclic) bond motifs is 1. The quantitative estimate of drug-likeness (QED) is 0.712. The highest BCUT2D eigenvalue weighted by Gasteiger charge is 2.15. The van der Waals surface area contributed by atoms with Crippen LogP contribution < -0.4 is 4.74 Å². The molecule has 72 valence electrons. The summed E-state index contributed by atoms with van der Waals surface area (Å²) in [5, 5.41) is 8.65. The molecule has 0 N–H and O–H groups in total. The minimum atomic E-state index is 0.385. The van der Waals surface area contributed by atoms with Crippen LogP contribution in [0.4, 0.5) is 0 Å². The predicted molar refractivity (Wildman–Crippen MR) is 50.8 cm³/mol. The van der Waals surface area contributed by atoms with E-state index in [1.807, 2.05) is 12.1 Å². The molecule has 3 nitrogen and oxygen atoms in total. The molecule has 1 aromatic rings. The van der Waals surface area contributed by atoms with Crippen molar-refractivity contribution in [2.45, 2.75) is 19.6 Å².